The van der Waals surface area contributed by atoms with Gasteiger partial charge in [-0.1, -0.05) is 13.8 Å². The number of benzene rings is 1. The van der Waals surface area contributed by atoms with E-state index in [9.17, 15) is 14.0 Å². The molecule has 1 amide bonds. The van der Waals surface area contributed by atoms with E-state index in [2.05, 4.69) is 10.1 Å². The first-order chi connectivity index (χ1) is 13.0. The number of hydrogen-bond acceptors (Lipinski definition) is 5. The van der Waals surface area contributed by atoms with Gasteiger partial charge in [0.1, 0.15) is 21.7 Å². The fourth-order valence-electron chi connectivity index (χ4n) is 2.80. The number of fused-ring (bicyclic) bond motifs is 1. The van der Waals surface area contributed by atoms with Crippen LogP contribution in [0.25, 0.3) is 0 Å². The predicted octanol–water partition coefficient (Wildman–Crippen LogP) is 4.37. The highest BCUT2D eigenvalue weighted by Crippen LogP contribution is 2.38. The molecule has 6 nitrogen and oxygen atoms in total. The van der Waals surface area contributed by atoms with Crippen LogP contribution >= 0.6 is 11.8 Å². The third kappa shape index (κ3) is 3.80. The topological polar surface area (TPSA) is 67.6 Å². The smallest absolute Gasteiger partial charge is 0.248 e. The van der Waals surface area contributed by atoms with E-state index in [0.717, 1.165) is 0 Å². The molecule has 0 atom stereocenters. The Morgan fingerprint density at radius 3 is 2.33 bits per heavy atom. The van der Waals surface area contributed by atoms with Gasteiger partial charge in [-0.05, 0) is 55.8 Å². The molecule has 0 unspecified atom stereocenters. The average molecular weight is 388 g/mol. The summed E-state index contributed by atoms with van der Waals surface area (Å²) in [5, 5.41) is 6.83. The first-order valence-electron chi connectivity index (χ1n) is 8.94. The van der Waals surface area contributed by atoms with Crippen LogP contribution in [0.3, 0.4) is 0 Å². The Bertz CT molecular complexity index is 905. The molecule has 1 aliphatic rings. The number of carbonyl (C=O) groups is 2. The highest BCUT2D eigenvalue weighted by atomic mass is 32.2. The highest BCUT2D eigenvalue weighted by molar-refractivity contribution is 8.14. The number of nitrogens with zero attached hydrogens (tertiary/aromatic N) is 4. The molecule has 0 radical (unpaired) electrons. The summed E-state index contributed by atoms with van der Waals surface area (Å²) in [5.41, 5.74) is 0.676. The monoisotopic (exact) mass is 388 g/mol. The third-order valence-corrected chi connectivity index (χ3v) is 5.14. The van der Waals surface area contributed by atoms with Crippen molar-refractivity contribution in [3.8, 4) is 0 Å². The molecule has 1 aromatic heterocycles. The molecule has 0 aliphatic carbocycles. The minimum Gasteiger partial charge on any atom is -0.274 e. The van der Waals surface area contributed by atoms with Crippen molar-refractivity contribution in [1.29, 1.82) is 0 Å². The van der Waals surface area contributed by atoms with E-state index in [0.29, 0.717) is 53.0 Å². The van der Waals surface area contributed by atoms with Crippen LogP contribution in [-0.4, -0.2) is 26.4 Å². The molecule has 142 valence electrons. The van der Waals surface area contributed by atoms with E-state index in [1.54, 1.807) is 23.6 Å². The maximum atomic E-state index is 13.3. The maximum Gasteiger partial charge on any atom is 0.248 e. The number of amides is 1. The van der Waals surface area contributed by atoms with Crippen molar-refractivity contribution in [2.75, 3.05) is 5.01 Å². The van der Waals surface area contributed by atoms with Gasteiger partial charge in [0.15, 0.2) is 5.82 Å². The Morgan fingerprint density at radius 2 is 1.70 bits per heavy atom. The van der Waals surface area contributed by atoms with Gasteiger partial charge in [-0.15, -0.1) is 0 Å². The van der Waals surface area contributed by atoms with Crippen molar-refractivity contribution < 1.29 is 14.0 Å². The summed E-state index contributed by atoms with van der Waals surface area (Å²) in [6.07, 6.45) is 2.09. The fourth-order valence-corrected chi connectivity index (χ4v) is 3.91. The molecule has 0 spiro atoms. The number of halogens is 1. The van der Waals surface area contributed by atoms with Crippen molar-refractivity contribution in [2.45, 2.75) is 51.5 Å². The Balaban J connectivity index is 2.10. The summed E-state index contributed by atoms with van der Waals surface area (Å²) >= 11 is 1.27. The fraction of sp³-hybridized carbons (Fsp3) is 0.368. The Kier molecular flexibility index (Phi) is 5.74. The van der Waals surface area contributed by atoms with Gasteiger partial charge in [0.05, 0.1) is 0 Å². The van der Waals surface area contributed by atoms with Crippen LogP contribution in [0.2, 0.25) is 0 Å². The number of anilines is 1. The summed E-state index contributed by atoms with van der Waals surface area (Å²) in [5.74, 6) is 0.298. The number of carbonyl (C=O) groups excluding carboxylic acids is 2. The number of rotatable bonds is 5. The molecular weight excluding hydrogens is 367 g/mol. The molecule has 0 N–H and O–H groups in total. The molecular formula is C19H21FN4O2S. The first kappa shape index (κ1) is 19.3. The number of aryl methyl sites for hydroxylation is 1. The second kappa shape index (κ2) is 8.04. The Hall–Kier alpha value is -2.48. The molecule has 8 heteroatoms. The lowest BCUT2D eigenvalue weighted by atomic mass is 10.2. The Morgan fingerprint density at radius 1 is 1.07 bits per heavy atom. The third-order valence-electron chi connectivity index (χ3n) is 4.08. The summed E-state index contributed by atoms with van der Waals surface area (Å²) in [7, 11) is 0. The number of thioether (sulfide) groups is 1. The minimum atomic E-state index is -0.348. The molecule has 27 heavy (non-hydrogen) atoms. The molecule has 0 fully saturated rings. The second-order valence-electron chi connectivity index (χ2n) is 6.24. The summed E-state index contributed by atoms with van der Waals surface area (Å²) < 4.78 is 14.8. The van der Waals surface area contributed by atoms with E-state index >= 15 is 0 Å². The quantitative estimate of drug-likeness (QED) is 0.763. The van der Waals surface area contributed by atoms with Gasteiger partial charge < -0.3 is 0 Å². The van der Waals surface area contributed by atoms with E-state index in [1.807, 2.05) is 13.8 Å². The Labute approximate surface area is 161 Å². The largest absolute Gasteiger partial charge is 0.274 e. The lowest BCUT2D eigenvalue weighted by molar-refractivity contribution is -0.118. The first-order valence-corrected chi connectivity index (χ1v) is 9.75. The predicted molar refractivity (Wildman–Crippen MR) is 104 cm³/mol. The molecule has 0 saturated heterocycles. The minimum absolute atomic E-state index is 0.0699. The van der Waals surface area contributed by atoms with Gasteiger partial charge in [-0.25, -0.2) is 9.37 Å². The van der Waals surface area contributed by atoms with Gasteiger partial charge in [0.2, 0.25) is 11.8 Å². The summed E-state index contributed by atoms with van der Waals surface area (Å²) in [6, 6.07) is 5.90. The van der Waals surface area contributed by atoms with Gasteiger partial charge >= 0.3 is 0 Å². The van der Waals surface area contributed by atoms with E-state index in [-0.39, 0.29) is 17.6 Å². The zero-order valence-corrected chi connectivity index (χ0v) is 16.3. The van der Waals surface area contributed by atoms with Crippen LogP contribution in [0.15, 0.2) is 34.4 Å². The lowest BCUT2D eigenvalue weighted by Crippen LogP contribution is -2.30. The van der Waals surface area contributed by atoms with Crippen molar-refractivity contribution in [2.24, 2.45) is 5.10 Å². The SMILES string of the molecule is CCCC(=O)N1N=C(c2ccc(F)cc2)Sc2c1nc(C)n2C(=O)CCC. The molecule has 2 aromatic rings. The van der Waals surface area contributed by atoms with Crippen LogP contribution in [0.5, 0.6) is 0 Å². The van der Waals surface area contributed by atoms with E-state index in [1.165, 1.54) is 28.9 Å². The van der Waals surface area contributed by atoms with Crippen molar-refractivity contribution in [3.63, 3.8) is 0 Å². The number of imidazole rings is 1. The molecule has 2 heterocycles. The van der Waals surface area contributed by atoms with Crippen LogP contribution in [0, 0.1) is 12.7 Å². The lowest BCUT2D eigenvalue weighted by Gasteiger charge is -2.23. The summed E-state index contributed by atoms with van der Waals surface area (Å²) in [6.45, 7) is 5.59. The van der Waals surface area contributed by atoms with Gasteiger partial charge in [-0.2, -0.15) is 10.1 Å². The standard InChI is InChI=1S/C19H21FN4O2S/c1-4-6-15(25)23-12(3)21-17-19(23)27-18(13-8-10-14(20)11-9-13)22-24(17)16(26)7-5-2/h8-11H,4-7H2,1-3H3. The molecule has 0 saturated carbocycles. The van der Waals surface area contributed by atoms with Crippen LogP contribution in [0.4, 0.5) is 10.2 Å². The molecule has 1 aromatic carbocycles. The zero-order chi connectivity index (χ0) is 19.6. The molecule has 0 bridgehead atoms. The average Bonchev–Trinajstić information content (AvgIpc) is 2.97. The maximum absolute atomic E-state index is 13.3. The number of hydrazone groups is 1. The zero-order valence-electron chi connectivity index (χ0n) is 15.5. The highest BCUT2D eigenvalue weighted by Gasteiger charge is 2.32. The van der Waals surface area contributed by atoms with Gasteiger partial charge in [-0.3, -0.25) is 14.2 Å². The van der Waals surface area contributed by atoms with Crippen molar-refractivity contribution >= 4 is 34.4 Å². The number of hydrogen-bond donors (Lipinski definition) is 0. The normalized spacial score (nSPS) is 13.3. The van der Waals surface area contributed by atoms with E-state index in [4.69, 9.17) is 0 Å². The van der Waals surface area contributed by atoms with Crippen LogP contribution in [0.1, 0.15) is 55.7 Å². The van der Waals surface area contributed by atoms with Crippen molar-refractivity contribution in [3.05, 3.63) is 41.5 Å². The molecule has 1 aliphatic heterocycles. The van der Waals surface area contributed by atoms with Crippen LogP contribution < -0.4 is 5.01 Å². The number of aromatic nitrogens is 2. The molecule has 3 rings (SSSR count). The second-order valence-corrected chi connectivity index (χ2v) is 7.21. The van der Waals surface area contributed by atoms with Crippen LogP contribution in [-0.2, 0) is 4.79 Å². The van der Waals surface area contributed by atoms with E-state index < -0.39 is 0 Å². The van der Waals surface area contributed by atoms with Gasteiger partial charge in [0, 0.05) is 18.4 Å². The van der Waals surface area contributed by atoms with Crippen molar-refractivity contribution in [1.82, 2.24) is 9.55 Å². The van der Waals surface area contributed by atoms with Gasteiger partial charge in [0.25, 0.3) is 0 Å². The summed E-state index contributed by atoms with van der Waals surface area (Å²) in [4.78, 5) is 29.7.